The van der Waals surface area contributed by atoms with Gasteiger partial charge < -0.3 is 15.8 Å². The highest BCUT2D eigenvalue weighted by Crippen LogP contribution is 2.18. The van der Waals surface area contributed by atoms with Crippen LogP contribution in [0, 0.1) is 0 Å². The van der Waals surface area contributed by atoms with Gasteiger partial charge in [-0.25, -0.2) is 18.1 Å². The molecule has 0 bridgehead atoms. The molecule has 0 saturated carbocycles. The van der Waals surface area contributed by atoms with E-state index in [1.807, 2.05) is 12.1 Å². The van der Waals surface area contributed by atoms with Gasteiger partial charge in [-0.2, -0.15) is 0 Å². The molecule has 1 heterocycles. The third kappa shape index (κ3) is 7.74. The van der Waals surface area contributed by atoms with Gasteiger partial charge in [0.15, 0.2) is 5.96 Å². The van der Waals surface area contributed by atoms with Crippen molar-refractivity contribution >= 4 is 45.6 Å². The Morgan fingerprint density at radius 2 is 1.97 bits per heavy atom. The molecule has 31 heavy (non-hydrogen) atoms. The van der Waals surface area contributed by atoms with E-state index in [9.17, 15) is 8.42 Å². The molecule has 2 aromatic carbocycles. The summed E-state index contributed by atoms with van der Waals surface area (Å²) in [6.07, 6.45) is 1.82. The summed E-state index contributed by atoms with van der Waals surface area (Å²) in [6.45, 7) is 5.63. The molecule has 1 aliphatic rings. The first kappa shape index (κ1) is 25.6. The molecule has 2 aromatic rings. The molecule has 4 N–H and O–H groups in total. The lowest BCUT2D eigenvalue weighted by Crippen LogP contribution is -2.31. The average Bonchev–Trinajstić information content (AvgIpc) is 3.25. The number of anilines is 1. The van der Waals surface area contributed by atoms with Gasteiger partial charge in [0.1, 0.15) is 0 Å². The maximum atomic E-state index is 12.4. The molecule has 9 heteroatoms. The standard InChI is InChI=1S/C22H30N4O3S.HI/c1-16(2)18-5-3-6-19(13-18)26-22(23)24-14-17-8-10-21(11-9-17)30(27,28)25-15-20-7-4-12-29-20;/h3,5-6,8-11,13,16,20,25H,4,7,12,14-15H2,1-2H3,(H3,23,24,26);1H. The van der Waals surface area contributed by atoms with Crippen molar-refractivity contribution in [1.82, 2.24) is 4.72 Å². The van der Waals surface area contributed by atoms with E-state index < -0.39 is 10.0 Å². The smallest absolute Gasteiger partial charge is 0.240 e. The Balaban J connectivity index is 0.00000341. The molecule has 0 aliphatic carbocycles. The molecular formula is C22H31IN4O3S. The molecule has 1 fully saturated rings. The number of aliphatic imine (C=N–C) groups is 1. The Hall–Kier alpha value is -1.69. The molecule has 0 spiro atoms. The fourth-order valence-corrected chi connectivity index (χ4v) is 4.27. The quantitative estimate of drug-likeness (QED) is 0.260. The summed E-state index contributed by atoms with van der Waals surface area (Å²) in [7, 11) is -3.55. The first-order chi connectivity index (χ1) is 14.3. The van der Waals surface area contributed by atoms with Gasteiger partial charge in [-0.05, 0) is 54.2 Å². The summed E-state index contributed by atoms with van der Waals surface area (Å²) in [6, 6.07) is 14.7. The maximum absolute atomic E-state index is 12.4. The van der Waals surface area contributed by atoms with Crippen LogP contribution in [0.25, 0.3) is 0 Å². The highest BCUT2D eigenvalue weighted by molar-refractivity contribution is 14.0. The first-order valence-corrected chi connectivity index (χ1v) is 11.7. The minimum atomic E-state index is -3.55. The van der Waals surface area contributed by atoms with Gasteiger partial charge in [0.05, 0.1) is 17.5 Å². The summed E-state index contributed by atoms with van der Waals surface area (Å²) in [4.78, 5) is 4.57. The fraction of sp³-hybridized carbons (Fsp3) is 0.409. The van der Waals surface area contributed by atoms with Crippen LogP contribution >= 0.6 is 24.0 Å². The van der Waals surface area contributed by atoms with Crippen LogP contribution in [0.15, 0.2) is 58.4 Å². The van der Waals surface area contributed by atoms with Crippen molar-refractivity contribution in [2.75, 3.05) is 18.5 Å². The van der Waals surface area contributed by atoms with Gasteiger partial charge in [-0.1, -0.05) is 38.1 Å². The van der Waals surface area contributed by atoms with Gasteiger partial charge in [-0.15, -0.1) is 24.0 Å². The molecule has 1 atom stereocenters. The number of nitrogens with two attached hydrogens (primary N) is 1. The van der Waals surface area contributed by atoms with Crippen molar-refractivity contribution in [2.45, 2.75) is 50.2 Å². The summed E-state index contributed by atoms with van der Waals surface area (Å²) in [5, 5.41) is 3.10. The third-order valence-corrected chi connectivity index (χ3v) is 6.46. The van der Waals surface area contributed by atoms with Crippen LogP contribution in [0.5, 0.6) is 0 Å². The number of hydrogen-bond donors (Lipinski definition) is 3. The van der Waals surface area contributed by atoms with Crippen molar-refractivity contribution < 1.29 is 13.2 Å². The number of rotatable bonds is 8. The third-order valence-electron chi connectivity index (χ3n) is 5.02. The van der Waals surface area contributed by atoms with Gasteiger partial charge in [0.2, 0.25) is 10.0 Å². The molecule has 3 rings (SSSR count). The monoisotopic (exact) mass is 558 g/mol. The van der Waals surface area contributed by atoms with Gasteiger partial charge >= 0.3 is 0 Å². The van der Waals surface area contributed by atoms with Gasteiger partial charge in [0, 0.05) is 18.8 Å². The number of halogens is 1. The van der Waals surface area contributed by atoms with E-state index in [1.54, 1.807) is 24.3 Å². The number of benzene rings is 2. The Kier molecular flexibility index (Phi) is 9.73. The number of ether oxygens (including phenoxy) is 1. The van der Waals surface area contributed by atoms with E-state index in [0.29, 0.717) is 31.6 Å². The average molecular weight is 558 g/mol. The summed E-state index contributed by atoms with van der Waals surface area (Å²) >= 11 is 0. The van der Waals surface area contributed by atoms with Crippen molar-refractivity contribution in [3.8, 4) is 0 Å². The lowest BCUT2D eigenvalue weighted by atomic mass is 10.0. The first-order valence-electron chi connectivity index (χ1n) is 10.2. The van der Waals surface area contributed by atoms with Crippen LogP contribution in [0.2, 0.25) is 0 Å². The van der Waals surface area contributed by atoms with Crippen LogP contribution in [0.1, 0.15) is 43.7 Å². The molecule has 0 aromatic heterocycles. The lowest BCUT2D eigenvalue weighted by molar-refractivity contribution is 0.114. The molecule has 1 unspecified atom stereocenters. The normalized spacial score (nSPS) is 16.9. The predicted octanol–water partition coefficient (Wildman–Crippen LogP) is 3.81. The van der Waals surface area contributed by atoms with Gasteiger partial charge in [-0.3, -0.25) is 0 Å². The highest BCUT2D eigenvalue weighted by Gasteiger charge is 2.20. The predicted molar refractivity (Wildman–Crippen MR) is 135 cm³/mol. The topological polar surface area (TPSA) is 106 Å². The molecule has 170 valence electrons. The second-order valence-corrected chi connectivity index (χ2v) is 9.50. The molecule has 1 aliphatic heterocycles. The van der Waals surface area contributed by atoms with E-state index >= 15 is 0 Å². The van der Waals surface area contributed by atoms with E-state index in [4.69, 9.17) is 10.5 Å². The number of hydrogen-bond acceptors (Lipinski definition) is 4. The largest absolute Gasteiger partial charge is 0.377 e. The number of nitrogens with zero attached hydrogens (tertiary/aromatic N) is 1. The van der Waals surface area contributed by atoms with Crippen molar-refractivity contribution in [3.63, 3.8) is 0 Å². The zero-order chi connectivity index (χ0) is 21.6. The minimum Gasteiger partial charge on any atom is -0.377 e. The van der Waals surface area contributed by atoms with E-state index in [-0.39, 0.29) is 35.0 Å². The summed E-state index contributed by atoms with van der Waals surface area (Å²) in [5.74, 6) is 0.741. The molecular weight excluding hydrogens is 527 g/mol. The van der Waals surface area contributed by atoms with Crippen molar-refractivity contribution in [1.29, 1.82) is 0 Å². The SMILES string of the molecule is CC(C)c1cccc(NC(N)=NCc2ccc(S(=O)(=O)NCC3CCCO3)cc2)c1.I. The Labute approximate surface area is 201 Å². The van der Waals surface area contributed by atoms with E-state index in [0.717, 1.165) is 24.1 Å². The van der Waals surface area contributed by atoms with Crippen LogP contribution < -0.4 is 15.8 Å². The molecule has 1 saturated heterocycles. The van der Waals surface area contributed by atoms with E-state index in [2.05, 4.69) is 41.0 Å². The highest BCUT2D eigenvalue weighted by atomic mass is 127. The summed E-state index contributed by atoms with van der Waals surface area (Å²) in [5.41, 5.74) is 8.98. The molecule has 0 radical (unpaired) electrons. The number of sulfonamides is 1. The summed E-state index contributed by atoms with van der Waals surface area (Å²) < 4.78 is 32.9. The van der Waals surface area contributed by atoms with Crippen LogP contribution in [0.3, 0.4) is 0 Å². The van der Waals surface area contributed by atoms with Crippen LogP contribution in [0.4, 0.5) is 5.69 Å². The van der Waals surface area contributed by atoms with Crippen molar-refractivity contribution in [3.05, 3.63) is 59.7 Å². The number of nitrogens with one attached hydrogen (secondary N) is 2. The number of guanidine groups is 1. The lowest BCUT2D eigenvalue weighted by Gasteiger charge is -2.12. The second kappa shape index (κ2) is 11.8. The van der Waals surface area contributed by atoms with E-state index in [1.165, 1.54) is 5.56 Å². The van der Waals surface area contributed by atoms with Crippen LogP contribution in [-0.2, 0) is 21.3 Å². The fourth-order valence-electron chi connectivity index (χ4n) is 3.20. The zero-order valence-electron chi connectivity index (χ0n) is 17.9. The van der Waals surface area contributed by atoms with Crippen LogP contribution in [-0.4, -0.2) is 33.6 Å². The second-order valence-electron chi connectivity index (χ2n) is 7.74. The zero-order valence-corrected chi connectivity index (χ0v) is 21.0. The van der Waals surface area contributed by atoms with Gasteiger partial charge in [0.25, 0.3) is 0 Å². The molecule has 7 nitrogen and oxygen atoms in total. The minimum absolute atomic E-state index is 0. The van der Waals surface area contributed by atoms with Crippen molar-refractivity contribution in [2.24, 2.45) is 10.7 Å². The Morgan fingerprint density at radius 1 is 1.23 bits per heavy atom. The Morgan fingerprint density at radius 3 is 2.61 bits per heavy atom. The molecule has 0 amide bonds. The Bertz CT molecular complexity index is 973. The maximum Gasteiger partial charge on any atom is 0.240 e.